The normalized spacial score (nSPS) is 40.3. The lowest BCUT2D eigenvalue weighted by Crippen LogP contribution is -2.57. The molecule has 4 aliphatic rings. The van der Waals surface area contributed by atoms with Gasteiger partial charge in [-0.2, -0.15) is 0 Å². The van der Waals surface area contributed by atoms with Crippen molar-refractivity contribution < 1.29 is 0 Å². The van der Waals surface area contributed by atoms with Crippen molar-refractivity contribution in [2.45, 2.75) is 137 Å². The molecule has 4 saturated carbocycles. The third kappa shape index (κ3) is 3.51. The van der Waals surface area contributed by atoms with Gasteiger partial charge in [0, 0.05) is 0 Å². The fourth-order valence-corrected chi connectivity index (χ4v) is 9.45. The Bertz CT molecular complexity index is 472. The number of rotatable bonds is 4. The van der Waals surface area contributed by atoms with Gasteiger partial charge in [0.15, 0.2) is 0 Å². The van der Waals surface area contributed by atoms with E-state index in [0.29, 0.717) is 16.2 Å². The molecule has 4 aliphatic carbocycles. The maximum atomic E-state index is 2.77. The zero-order valence-electron chi connectivity index (χ0n) is 19.8. The molecule has 0 bridgehead atoms. The number of hydrogen-bond donors (Lipinski definition) is 0. The summed E-state index contributed by atoms with van der Waals surface area (Å²) >= 11 is 0. The Kier molecular flexibility index (Phi) is 6.27. The summed E-state index contributed by atoms with van der Waals surface area (Å²) in [5.74, 6) is 3.93. The highest BCUT2D eigenvalue weighted by Gasteiger charge is 2.59. The van der Waals surface area contributed by atoms with Crippen LogP contribution < -0.4 is 0 Å². The first-order valence-electron chi connectivity index (χ1n) is 13.4. The molecule has 0 aromatic carbocycles. The third-order valence-electron chi connectivity index (χ3n) is 11.5. The second kappa shape index (κ2) is 8.26. The monoisotopic (exact) mass is 386 g/mol. The molecule has 0 aromatic rings. The van der Waals surface area contributed by atoms with Crippen LogP contribution in [0.4, 0.5) is 0 Å². The van der Waals surface area contributed by atoms with Gasteiger partial charge in [-0.15, -0.1) is 0 Å². The second-order valence-electron chi connectivity index (χ2n) is 12.5. The van der Waals surface area contributed by atoms with E-state index >= 15 is 0 Å². The predicted molar refractivity (Wildman–Crippen MR) is 122 cm³/mol. The molecule has 0 aromatic heterocycles. The van der Waals surface area contributed by atoms with Gasteiger partial charge in [-0.05, 0) is 78.4 Å². The van der Waals surface area contributed by atoms with Crippen LogP contribution in [0.2, 0.25) is 0 Å². The molecule has 4 atom stereocenters. The second-order valence-corrected chi connectivity index (χ2v) is 12.5. The topological polar surface area (TPSA) is 0 Å². The average Bonchev–Trinajstić information content (AvgIpc) is 2.73. The van der Waals surface area contributed by atoms with Crippen LogP contribution in [0.25, 0.3) is 0 Å². The molecule has 4 fully saturated rings. The number of hydrogen-bond acceptors (Lipinski definition) is 0. The van der Waals surface area contributed by atoms with Crippen molar-refractivity contribution in [1.82, 2.24) is 0 Å². The summed E-state index contributed by atoms with van der Waals surface area (Å²) in [6, 6.07) is 0. The zero-order valence-corrected chi connectivity index (χ0v) is 19.8. The van der Waals surface area contributed by atoms with Crippen molar-refractivity contribution in [3.8, 4) is 0 Å². The van der Waals surface area contributed by atoms with Crippen LogP contribution >= 0.6 is 0 Å². The van der Waals surface area contributed by atoms with Gasteiger partial charge in [-0.25, -0.2) is 0 Å². The Morgan fingerprint density at radius 1 is 0.536 bits per heavy atom. The van der Waals surface area contributed by atoms with E-state index in [2.05, 4.69) is 27.7 Å². The maximum Gasteiger partial charge on any atom is -0.0205 e. The Labute approximate surface area is 177 Å². The largest absolute Gasteiger partial charge is 0.0614 e. The summed E-state index contributed by atoms with van der Waals surface area (Å²) in [5, 5.41) is 0. The van der Waals surface area contributed by atoms with Crippen LogP contribution in [0.3, 0.4) is 0 Å². The summed E-state index contributed by atoms with van der Waals surface area (Å²) in [7, 11) is 0. The first kappa shape index (κ1) is 21.2. The van der Waals surface area contributed by atoms with E-state index in [1.54, 1.807) is 25.7 Å². The summed E-state index contributed by atoms with van der Waals surface area (Å²) in [6.45, 7) is 11.0. The van der Waals surface area contributed by atoms with Crippen LogP contribution in [0, 0.1) is 39.9 Å². The molecule has 0 spiro atoms. The third-order valence-corrected chi connectivity index (χ3v) is 11.5. The van der Waals surface area contributed by atoms with Gasteiger partial charge in [0.05, 0.1) is 0 Å². The minimum absolute atomic E-state index is 0.608. The lowest BCUT2D eigenvalue weighted by molar-refractivity contribution is -0.152. The van der Waals surface area contributed by atoms with Crippen molar-refractivity contribution in [3.63, 3.8) is 0 Å². The molecule has 0 heteroatoms. The molecule has 0 saturated heterocycles. The van der Waals surface area contributed by atoms with Crippen LogP contribution in [-0.2, 0) is 0 Å². The van der Waals surface area contributed by atoms with Crippen LogP contribution in [-0.4, -0.2) is 0 Å². The van der Waals surface area contributed by atoms with E-state index in [1.807, 2.05) is 0 Å². The van der Waals surface area contributed by atoms with Gasteiger partial charge in [0.1, 0.15) is 0 Å². The van der Waals surface area contributed by atoms with Gasteiger partial charge >= 0.3 is 0 Å². The highest BCUT2D eigenvalue weighted by molar-refractivity contribution is 5.08. The highest BCUT2D eigenvalue weighted by atomic mass is 14.6. The van der Waals surface area contributed by atoms with Crippen molar-refractivity contribution in [1.29, 1.82) is 0 Å². The Morgan fingerprint density at radius 3 is 1.54 bits per heavy atom. The van der Waals surface area contributed by atoms with E-state index in [1.165, 1.54) is 83.5 Å². The SMILES string of the molecule is CC(C1(C)CCCCC1)C1(C(C)C2(C)CCCCC2)CCCC2CCCCC21. The minimum Gasteiger partial charge on any atom is -0.0614 e. The molecule has 0 radical (unpaired) electrons. The van der Waals surface area contributed by atoms with Gasteiger partial charge in [-0.3, -0.25) is 0 Å². The van der Waals surface area contributed by atoms with Gasteiger partial charge < -0.3 is 0 Å². The first-order valence-corrected chi connectivity index (χ1v) is 13.4. The van der Waals surface area contributed by atoms with Gasteiger partial charge in [0.25, 0.3) is 0 Å². The Morgan fingerprint density at radius 2 is 1.00 bits per heavy atom. The maximum absolute atomic E-state index is 2.77. The zero-order chi connectivity index (χ0) is 19.8. The summed E-state index contributed by atoms with van der Waals surface area (Å²) in [5.41, 5.74) is 1.84. The molecule has 4 rings (SSSR count). The average molecular weight is 387 g/mol. The Balaban J connectivity index is 1.74. The van der Waals surface area contributed by atoms with Crippen molar-refractivity contribution in [2.75, 3.05) is 0 Å². The van der Waals surface area contributed by atoms with Crippen LogP contribution in [0.1, 0.15) is 137 Å². The minimum atomic E-state index is 0.608. The Hall–Kier alpha value is 0. The molecule has 162 valence electrons. The standard InChI is InChI=1S/C28H50/c1-22(26(3)17-9-5-10-18-26)28(23(2)27(4)19-11-6-12-20-27)21-13-15-24-14-7-8-16-25(24)28/h22-25H,5-21H2,1-4H3. The lowest BCUT2D eigenvalue weighted by atomic mass is 9.41. The van der Waals surface area contributed by atoms with E-state index in [4.69, 9.17) is 0 Å². The van der Waals surface area contributed by atoms with E-state index in [0.717, 1.165) is 23.7 Å². The summed E-state index contributed by atoms with van der Waals surface area (Å²) in [6.07, 6.45) is 25.8. The molecular weight excluding hydrogens is 336 g/mol. The lowest BCUT2D eigenvalue weighted by Gasteiger charge is -2.64. The predicted octanol–water partition coefficient (Wildman–Crippen LogP) is 9.18. The molecule has 0 heterocycles. The van der Waals surface area contributed by atoms with E-state index in [9.17, 15) is 0 Å². The first-order chi connectivity index (χ1) is 13.4. The number of fused-ring (bicyclic) bond motifs is 1. The molecule has 4 unspecified atom stereocenters. The highest BCUT2D eigenvalue weighted by Crippen LogP contribution is 2.67. The smallest absolute Gasteiger partial charge is 0.0205 e. The summed E-state index contributed by atoms with van der Waals surface area (Å²) < 4.78 is 0. The fourth-order valence-electron chi connectivity index (χ4n) is 9.45. The van der Waals surface area contributed by atoms with Crippen LogP contribution in [0.15, 0.2) is 0 Å². The molecule has 0 nitrogen and oxygen atoms in total. The van der Waals surface area contributed by atoms with E-state index in [-0.39, 0.29) is 0 Å². The van der Waals surface area contributed by atoms with Crippen molar-refractivity contribution >= 4 is 0 Å². The van der Waals surface area contributed by atoms with Gasteiger partial charge in [0.2, 0.25) is 0 Å². The van der Waals surface area contributed by atoms with Crippen molar-refractivity contribution in [3.05, 3.63) is 0 Å². The molecule has 0 amide bonds. The molecule has 28 heavy (non-hydrogen) atoms. The van der Waals surface area contributed by atoms with Crippen LogP contribution in [0.5, 0.6) is 0 Å². The fraction of sp³-hybridized carbons (Fsp3) is 1.00. The molecule has 0 aliphatic heterocycles. The van der Waals surface area contributed by atoms with E-state index < -0.39 is 0 Å². The quantitative estimate of drug-likeness (QED) is 0.451. The van der Waals surface area contributed by atoms with Gasteiger partial charge in [-0.1, -0.05) is 98.3 Å². The molecular formula is C28H50. The summed E-state index contributed by atoms with van der Waals surface area (Å²) in [4.78, 5) is 0. The van der Waals surface area contributed by atoms with Crippen molar-refractivity contribution in [2.24, 2.45) is 39.9 Å². The molecule has 0 N–H and O–H groups in total.